The van der Waals surface area contributed by atoms with Crippen LogP contribution >= 0.6 is 15.9 Å². The minimum absolute atomic E-state index is 0.0326. The number of hydrogen-bond donors (Lipinski definition) is 1. The first-order valence-electron chi connectivity index (χ1n) is 7.49. The molecule has 0 aromatic heterocycles. The number of halogens is 1. The van der Waals surface area contributed by atoms with E-state index in [0.717, 1.165) is 4.47 Å². The third kappa shape index (κ3) is 6.09. The van der Waals surface area contributed by atoms with Crippen molar-refractivity contribution in [1.82, 2.24) is 5.32 Å². The molecule has 1 unspecified atom stereocenters. The molecule has 0 saturated carbocycles. The van der Waals surface area contributed by atoms with E-state index in [1.807, 2.05) is 0 Å². The van der Waals surface area contributed by atoms with Crippen molar-refractivity contribution in [3.63, 3.8) is 0 Å². The van der Waals surface area contributed by atoms with Crippen molar-refractivity contribution in [2.75, 3.05) is 0 Å². The summed E-state index contributed by atoms with van der Waals surface area (Å²) in [6.07, 6.45) is 6.63. The van der Waals surface area contributed by atoms with Gasteiger partial charge in [-0.3, -0.25) is 0 Å². The largest absolute Gasteiger partial charge is 0.305 e. The highest BCUT2D eigenvalue weighted by molar-refractivity contribution is 9.10. The highest BCUT2D eigenvalue weighted by Crippen LogP contribution is 2.23. The maximum absolute atomic E-state index is 3.75. The lowest BCUT2D eigenvalue weighted by Gasteiger charge is -2.31. The summed E-state index contributed by atoms with van der Waals surface area (Å²) in [4.78, 5) is 0. The van der Waals surface area contributed by atoms with E-state index >= 15 is 0 Å². The van der Waals surface area contributed by atoms with Crippen LogP contribution in [0.2, 0.25) is 0 Å². The van der Waals surface area contributed by atoms with E-state index in [1.54, 1.807) is 0 Å². The van der Waals surface area contributed by atoms with Crippen LogP contribution in [0.25, 0.3) is 0 Å². The van der Waals surface area contributed by atoms with E-state index in [2.05, 4.69) is 73.2 Å². The fourth-order valence-corrected chi connectivity index (χ4v) is 2.78. The summed E-state index contributed by atoms with van der Waals surface area (Å²) in [6.45, 7) is 9.09. The first kappa shape index (κ1) is 16.7. The molecule has 1 aromatic rings. The average molecular weight is 326 g/mol. The van der Waals surface area contributed by atoms with E-state index in [1.165, 1.54) is 37.7 Å². The summed E-state index contributed by atoms with van der Waals surface area (Å²) >= 11 is 3.49. The van der Waals surface area contributed by atoms with Gasteiger partial charge in [-0.25, -0.2) is 0 Å². The molecular weight excluding hydrogens is 298 g/mol. The summed E-state index contributed by atoms with van der Waals surface area (Å²) in [5, 5.41) is 3.75. The van der Waals surface area contributed by atoms with Crippen LogP contribution in [0.1, 0.15) is 65.4 Å². The highest BCUT2D eigenvalue weighted by Gasteiger charge is 2.21. The molecule has 0 aliphatic carbocycles. The molecule has 108 valence electrons. The Morgan fingerprint density at radius 1 is 1.11 bits per heavy atom. The van der Waals surface area contributed by atoms with Crippen molar-refractivity contribution in [3.05, 3.63) is 34.3 Å². The molecule has 0 spiro atoms. The Labute approximate surface area is 127 Å². The zero-order chi connectivity index (χ0) is 14.3. The van der Waals surface area contributed by atoms with Crippen LogP contribution in [0, 0.1) is 0 Å². The maximum Gasteiger partial charge on any atom is 0.0379 e. The standard InChI is InChI=1S/C17H28BrN/c1-5-6-7-8-9-14(2)19-17(3,4)15-10-12-16(18)13-11-15/h10-14,19H,5-9H2,1-4H3. The van der Waals surface area contributed by atoms with Crippen molar-refractivity contribution in [1.29, 1.82) is 0 Å². The molecule has 19 heavy (non-hydrogen) atoms. The Kier molecular flexibility index (Phi) is 7.09. The molecule has 1 nitrogen and oxygen atoms in total. The van der Waals surface area contributed by atoms with Crippen LogP contribution in [0.3, 0.4) is 0 Å². The molecule has 0 radical (unpaired) electrons. The van der Waals surface area contributed by atoms with Gasteiger partial charge in [-0.05, 0) is 44.9 Å². The maximum atomic E-state index is 3.75. The summed E-state index contributed by atoms with van der Waals surface area (Å²) in [5.41, 5.74) is 1.38. The van der Waals surface area contributed by atoms with Gasteiger partial charge in [0, 0.05) is 16.1 Å². The molecule has 0 aliphatic rings. The second kappa shape index (κ2) is 8.06. The molecule has 2 heteroatoms. The number of nitrogens with one attached hydrogen (secondary N) is 1. The predicted octanol–water partition coefficient (Wildman–Crippen LogP) is 5.63. The van der Waals surface area contributed by atoms with E-state index in [9.17, 15) is 0 Å². The number of unbranched alkanes of at least 4 members (excludes halogenated alkanes) is 3. The molecule has 0 bridgehead atoms. The summed E-state index contributed by atoms with van der Waals surface area (Å²) in [6, 6.07) is 9.19. The zero-order valence-corrected chi connectivity index (χ0v) is 14.4. The highest BCUT2D eigenvalue weighted by atomic mass is 79.9. The van der Waals surface area contributed by atoms with Crippen LogP contribution in [-0.4, -0.2) is 6.04 Å². The van der Waals surface area contributed by atoms with Crippen molar-refractivity contribution >= 4 is 15.9 Å². The molecule has 1 aromatic carbocycles. The van der Waals surface area contributed by atoms with Crippen LogP contribution in [-0.2, 0) is 5.54 Å². The number of hydrogen-bond acceptors (Lipinski definition) is 1. The smallest absolute Gasteiger partial charge is 0.0379 e. The van der Waals surface area contributed by atoms with Gasteiger partial charge in [0.25, 0.3) is 0 Å². The van der Waals surface area contributed by atoms with Gasteiger partial charge in [0.05, 0.1) is 0 Å². The molecule has 0 fully saturated rings. The van der Waals surface area contributed by atoms with Gasteiger partial charge in [0.1, 0.15) is 0 Å². The fourth-order valence-electron chi connectivity index (χ4n) is 2.52. The number of rotatable bonds is 8. The summed E-state index contributed by atoms with van der Waals surface area (Å²) in [5.74, 6) is 0. The van der Waals surface area contributed by atoms with Gasteiger partial charge >= 0.3 is 0 Å². The van der Waals surface area contributed by atoms with Crippen molar-refractivity contribution in [2.24, 2.45) is 0 Å². The predicted molar refractivity (Wildman–Crippen MR) is 88.5 cm³/mol. The molecule has 0 heterocycles. The van der Waals surface area contributed by atoms with Crippen LogP contribution < -0.4 is 5.32 Å². The van der Waals surface area contributed by atoms with Crippen molar-refractivity contribution in [3.8, 4) is 0 Å². The Balaban J connectivity index is 2.46. The summed E-state index contributed by atoms with van der Waals surface area (Å²) in [7, 11) is 0. The minimum atomic E-state index is 0.0326. The van der Waals surface area contributed by atoms with Crippen molar-refractivity contribution in [2.45, 2.75) is 71.4 Å². The molecule has 1 rings (SSSR count). The topological polar surface area (TPSA) is 12.0 Å². The summed E-state index contributed by atoms with van der Waals surface area (Å²) < 4.78 is 1.14. The van der Waals surface area contributed by atoms with E-state index in [0.29, 0.717) is 6.04 Å². The fraction of sp³-hybridized carbons (Fsp3) is 0.647. The Bertz CT molecular complexity index is 356. The van der Waals surface area contributed by atoms with Gasteiger partial charge in [-0.1, -0.05) is 60.7 Å². The van der Waals surface area contributed by atoms with Gasteiger partial charge in [0.15, 0.2) is 0 Å². The number of benzene rings is 1. The van der Waals surface area contributed by atoms with E-state index in [-0.39, 0.29) is 5.54 Å². The van der Waals surface area contributed by atoms with Crippen LogP contribution in [0.15, 0.2) is 28.7 Å². The monoisotopic (exact) mass is 325 g/mol. The Hall–Kier alpha value is -0.340. The van der Waals surface area contributed by atoms with E-state index in [4.69, 9.17) is 0 Å². The van der Waals surface area contributed by atoms with Gasteiger partial charge in [-0.15, -0.1) is 0 Å². The molecule has 1 atom stereocenters. The SMILES string of the molecule is CCCCCCC(C)NC(C)(C)c1ccc(Br)cc1. The molecule has 0 aliphatic heterocycles. The average Bonchev–Trinajstić information content (AvgIpc) is 2.34. The lowest BCUT2D eigenvalue weighted by molar-refractivity contribution is 0.335. The van der Waals surface area contributed by atoms with Gasteiger partial charge < -0.3 is 5.32 Å². The molecular formula is C17H28BrN. The van der Waals surface area contributed by atoms with Crippen molar-refractivity contribution < 1.29 is 0 Å². The lowest BCUT2D eigenvalue weighted by atomic mass is 9.92. The van der Waals surface area contributed by atoms with Gasteiger partial charge in [-0.2, -0.15) is 0 Å². The Morgan fingerprint density at radius 3 is 2.32 bits per heavy atom. The Morgan fingerprint density at radius 2 is 1.74 bits per heavy atom. The molecule has 0 amide bonds. The zero-order valence-electron chi connectivity index (χ0n) is 12.8. The van der Waals surface area contributed by atoms with E-state index < -0.39 is 0 Å². The van der Waals surface area contributed by atoms with Crippen LogP contribution in [0.4, 0.5) is 0 Å². The minimum Gasteiger partial charge on any atom is -0.305 e. The first-order valence-corrected chi connectivity index (χ1v) is 8.28. The quantitative estimate of drug-likeness (QED) is 0.610. The lowest BCUT2D eigenvalue weighted by Crippen LogP contribution is -2.42. The third-order valence-corrected chi connectivity index (χ3v) is 4.19. The first-order chi connectivity index (χ1) is 8.95. The normalized spacial score (nSPS) is 13.5. The second-order valence-electron chi connectivity index (χ2n) is 6.03. The van der Waals surface area contributed by atoms with Crippen LogP contribution in [0.5, 0.6) is 0 Å². The molecule has 0 saturated heterocycles. The van der Waals surface area contributed by atoms with Gasteiger partial charge in [0.2, 0.25) is 0 Å². The second-order valence-corrected chi connectivity index (χ2v) is 6.94. The third-order valence-electron chi connectivity index (χ3n) is 3.66. The molecule has 1 N–H and O–H groups in total.